The molecule has 3 aromatic rings. The zero-order valence-electron chi connectivity index (χ0n) is 14.6. The lowest BCUT2D eigenvalue weighted by Crippen LogP contribution is -2.38. The highest BCUT2D eigenvalue weighted by molar-refractivity contribution is 5.66. The van der Waals surface area contributed by atoms with Crippen molar-refractivity contribution < 1.29 is 5.11 Å². The van der Waals surface area contributed by atoms with E-state index in [0.29, 0.717) is 17.5 Å². The van der Waals surface area contributed by atoms with E-state index in [2.05, 4.69) is 4.99 Å². The molecule has 1 heterocycles. The van der Waals surface area contributed by atoms with Crippen LogP contribution in [0, 0.1) is 0 Å². The summed E-state index contributed by atoms with van der Waals surface area (Å²) in [7, 11) is 2.81. The summed E-state index contributed by atoms with van der Waals surface area (Å²) in [6.07, 6.45) is 0. The van der Waals surface area contributed by atoms with Crippen LogP contribution in [0.15, 0.2) is 75.2 Å². The van der Waals surface area contributed by atoms with E-state index in [1.54, 1.807) is 18.2 Å². The van der Waals surface area contributed by atoms with Gasteiger partial charge in [0.1, 0.15) is 5.56 Å². The maximum atomic E-state index is 12.6. The highest BCUT2D eigenvalue weighted by Crippen LogP contribution is 2.20. The van der Waals surface area contributed by atoms with Gasteiger partial charge in [-0.25, -0.2) is 4.79 Å². The van der Waals surface area contributed by atoms with Crippen LogP contribution in [0.25, 0.3) is 11.1 Å². The standard InChI is InChI=1S/C20H19N3O3/c1-22-18(24)17(19(25)23(2)20(22)26)15-11-7-4-8-12-16(15)21-13-14-9-5-3-6-10-14/h3-12,24H,13H2,1-2H3. The smallest absolute Gasteiger partial charge is 0.333 e. The van der Waals surface area contributed by atoms with E-state index in [1.165, 1.54) is 14.1 Å². The maximum Gasteiger partial charge on any atom is 0.333 e. The molecule has 3 rings (SSSR count). The van der Waals surface area contributed by atoms with Crippen LogP contribution >= 0.6 is 0 Å². The fourth-order valence-corrected chi connectivity index (χ4v) is 2.72. The van der Waals surface area contributed by atoms with Crippen LogP contribution in [0.4, 0.5) is 0 Å². The van der Waals surface area contributed by atoms with Crippen LogP contribution in [-0.2, 0) is 20.6 Å². The van der Waals surface area contributed by atoms with Crippen molar-refractivity contribution in [3.05, 3.63) is 92.4 Å². The lowest BCUT2D eigenvalue weighted by atomic mass is 10.1. The van der Waals surface area contributed by atoms with Gasteiger partial charge in [-0.2, -0.15) is 0 Å². The molecule has 0 fully saturated rings. The Balaban J connectivity index is 2.27. The second-order valence-electron chi connectivity index (χ2n) is 5.92. The maximum absolute atomic E-state index is 12.6. The van der Waals surface area contributed by atoms with Crippen LogP contribution < -0.4 is 16.6 Å². The van der Waals surface area contributed by atoms with E-state index < -0.39 is 11.2 Å². The molecule has 0 atom stereocenters. The molecule has 0 amide bonds. The summed E-state index contributed by atoms with van der Waals surface area (Å²) in [5.74, 6) is -0.375. The Morgan fingerprint density at radius 3 is 2.19 bits per heavy atom. The Hall–Kier alpha value is -3.41. The van der Waals surface area contributed by atoms with Gasteiger partial charge in [0.2, 0.25) is 5.88 Å². The van der Waals surface area contributed by atoms with Gasteiger partial charge in [-0.3, -0.25) is 18.9 Å². The monoisotopic (exact) mass is 349 g/mol. The lowest BCUT2D eigenvalue weighted by molar-refractivity contribution is 0.414. The molecule has 0 unspecified atom stereocenters. The number of aromatic hydroxyl groups is 1. The van der Waals surface area contributed by atoms with E-state index in [-0.39, 0.29) is 11.4 Å². The van der Waals surface area contributed by atoms with Gasteiger partial charge in [0.05, 0.1) is 11.9 Å². The summed E-state index contributed by atoms with van der Waals surface area (Å²) in [5.41, 5.74) is 0.409. The van der Waals surface area contributed by atoms with Gasteiger partial charge >= 0.3 is 5.69 Å². The zero-order chi connectivity index (χ0) is 18.7. The van der Waals surface area contributed by atoms with Gasteiger partial charge in [-0.05, 0) is 11.6 Å². The minimum absolute atomic E-state index is 0.0533. The summed E-state index contributed by atoms with van der Waals surface area (Å²) >= 11 is 0. The first kappa shape index (κ1) is 17.4. The Labute approximate surface area is 150 Å². The van der Waals surface area contributed by atoms with Crippen molar-refractivity contribution in [2.75, 3.05) is 0 Å². The van der Waals surface area contributed by atoms with E-state index in [1.807, 2.05) is 42.5 Å². The summed E-state index contributed by atoms with van der Waals surface area (Å²) in [4.78, 5) is 29.2. The van der Waals surface area contributed by atoms with Gasteiger partial charge in [-0.15, -0.1) is 0 Å². The Morgan fingerprint density at radius 2 is 1.50 bits per heavy atom. The summed E-state index contributed by atoms with van der Waals surface area (Å²) in [6, 6.07) is 18.6. The van der Waals surface area contributed by atoms with Crippen LogP contribution in [0.1, 0.15) is 5.56 Å². The quantitative estimate of drug-likeness (QED) is 0.780. The van der Waals surface area contributed by atoms with E-state index in [9.17, 15) is 14.7 Å². The fourth-order valence-electron chi connectivity index (χ4n) is 2.72. The lowest BCUT2D eigenvalue weighted by Gasteiger charge is -2.10. The van der Waals surface area contributed by atoms with Crippen LogP contribution in [0.2, 0.25) is 0 Å². The molecule has 0 radical (unpaired) electrons. The first-order chi connectivity index (χ1) is 12.5. The molecule has 0 saturated carbocycles. The molecule has 2 aromatic carbocycles. The van der Waals surface area contributed by atoms with Gasteiger partial charge < -0.3 is 5.11 Å². The minimum atomic E-state index is -0.584. The van der Waals surface area contributed by atoms with Crippen molar-refractivity contribution in [2.24, 2.45) is 19.1 Å². The molecule has 6 heteroatoms. The van der Waals surface area contributed by atoms with E-state index >= 15 is 0 Å². The Bertz CT molecular complexity index is 1130. The fraction of sp³-hybridized carbons (Fsp3) is 0.150. The van der Waals surface area contributed by atoms with Crippen molar-refractivity contribution in [2.45, 2.75) is 6.54 Å². The predicted octanol–water partition coefficient (Wildman–Crippen LogP) is 1.56. The minimum Gasteiger partial charge on any atom is -0.494 e. The number of hydrogen-bond donors (Lipinski definition) is 1. The average Bonchev–Trinajstić information content (AvgIpc) is 2.90. The van der Waals surface area contributed by atoms with Gasteiger partial charge in [0.25, 0.3) is 5.56 Å². The second kappa shape index (κ2) is 7.23. The molecule has 0 aliphatic heterocycles. The molecule has 132 valence electrons. The SMILES string of the molecule is Cn1c(O)c(-c2cccccc2=NCc2ccccc2)c(=O)n(C)c1=O. The van der Waals surface area contributed by atoms with Crippen molar-refractivity contribution in [3.63, 3.8) is 0 Å². The van der Waals surface area contributed by atoms with Crippen LogP contribution in [0.5, 0.6) is 5.88 Å². The normalized spacial score (nSPS) is 11.5. The summed E-state index contributed by atoms with van der Waals surface area (Å²) < 4.78 is 2.02. The highest BCUT2D eigenvalue weighted by atomic mass is 16.3. The molecule has 1 aromatic heterocycles. The molecule has 0 spiro atoms. The van der Waals surface area contributed by atoms with E-state index in [4.69, 9.17) is 0 Å². The Kier molecular flexibility index (Phi) is 4.84. The topological polar surface area (TPSA) is 76.6 Å². The highest BCUT2D eigenvalue weighted by Gasteiger charge is 2.17. The van der Waals surface area contributed by atoms with Gasteiger partial charge in [0, 0.05) is 19.7 Å². The van der Waals surface area contributed by atoms with Crippen molar-refractivity contribution in [1.29, 1.82) is 0 Å². The van der Waals surface area contributed by atoms with E-state index in [0.717, 1.165) is 14.7 Å². The first-order valence-corrected chi connectivity index (χ1v) is 8.14. The van der Waals surface area contributed by atoms with Gasteiger partial charge in [0.15, 0.2) is 0 Å². The predicted molar refractivity (Wildman–Crippen MR) is 99.7 cm³/mol. The third-order valence-electron chi connectivity index (χ3n) is 4.19. The number of rotatable bonds is 3. The second-order valence-corrected chi connectivity index (χ2v) is 5.92. The molecule has 1 N–H and O–H groups in total. The first-order valence-electron chi connectivity index (χ1n) is 8.14. The average molecular weight is 349 g/mol. The molecular weight excluding hydrogens is 330 g/mol. The van der Waals surface area contributed by atoms with Crippen molar-refractivity contribution >= 4 is 0 Å². The molecule has 26 heavy (non-hydrogen) atoms. The van der Waals surface area contributed by atoms with Crippen molar-refractivity contribution in [3.8, 4) is 17.0 Å². The molecule has 0 aliphatic carbocycles. The zero-order valence-corrected chi connectivity index (χ0v) is 14.6. The number of hydrogen-bond acceptors (Lipinski definition) is 4. The summed E-state index contributed by atoms with van der Waals surface area (Å²) in [5, 5.41) is 11.0. The van der Waals surface area contributed by atoms with Gasteiger partial charge in [-0.1, -0.05) is 54.6 Å². The molecule has 0 saturated heterocycles. The largest absolute Gasteiger partial charge is 0.494 e. The molecule has 0 bridgehead atoms. The molecular formula is C20H19N3O3. The van der Waals surface area contributed by atoms with Crippen LogP contribution in [0.3, 0.4) is 0 Å². The number of nitrogens with zero attached hydrogens (tertiary/aromatic N) is 3. The van der Waals surface area contributed by atoms with Crippen LogP contribution in [-0.4, -0.2) is 14.2 Å². The third kappa shape index (κ3) is 3.21. The van der Waals surface area contributed by atoms with Crippen molar-refractivity contribution in [1.82, 2.24) is 9.13 Å². The molecule has 6 nitrogen and oxygen atoms in total. The molecule has 0 aliphatic rings. The third-order valence-corrected chi connectivity index (χ3v) is 4.19. The number of aromatic nitrogens is 2. The summed E-state index contributed by atoms with van der Waals surface area (Å²) in [6.45, 7) is 0.435. The Morgan fingerprint density at radius 1 is 0.885 bits per heavy atom. The number of benzene rings is 1.